The van der Waals surface area contributed by atoms with Crippen LogP contribution in [0.2, 0.25) is 5.02 Å². The predicted octanol–water partition coefficient (Wildman–Crippen LogP) is 7.31. The van der Waals surface area contributed by atoms with E-state index in [1.165, 1.54) is 4.68 Å². The Labute approximate surface area is 237 Å². The Bertz CT molecular complexity index is 1730. The third kappa shape index (κ3) is 5.98. The summed E-state index contributed by atoms with van der Waals surface area (Å²) in [6, 6.07) is 28.2. The van der Waals surface area contributed by atoms with Crippen molar-refractivity contribution in [2.75, 3.05) is 6.61 Å². The fourth-order valence-corrected chi connectivity index (χ4v) is 4.48. The molecule has 0 atom stereocenters. The monoisotopic (exact) mass is 549 g/mol. The fraction of sp³-hybridized carbons (Fsp3) is 0.121. The number of allylic oxidation sites excluding steroid dienone is 1. The number of halogens is 1. The highest BCUT2D eigenvalue weighted by Gasteiger charge is 2.15. The third-order valence-corrected chi connectivity index (χ3v) is 6.47. The zero-order valence-electron chi connectivity index (χ0n) is 22.1. The minimum absolute atomic E-state index is 0.250. The van der Waals surface area contributed by atoms with Gasteiger partial charge in [0, 0.05) is 16.1 Å². The van der Waals surface area contributed by atoms with E-state index < -0.39 is 0 Å². The van der Waals surface area contributed by atoms with Crippen LogP contribution in [0.25, 0.3) is 22.3 Å². The summed E-state index contributed by atoms with van der Waals surface area (Å²) >= 11 is 6.03. The summed E-state index contributed by atoms with van der Waals surface area (Å²) in [6.07, 6.45) is 4.01. The smallest absolute Gasteiger partial charge is 0.282 e. The molecule has 6 nitrogen and oxygen atoms in total. The molecule has 40 heavy (non-hydrogen) atoms. The van der Waals surface area contributed by atoms with Crippen molar-refractivity contribution in [2.45, 2.75) is 20.0 Å². The molecular formula is C33H28ClN3O3. The van der Waals surface area contributed by atoms with Gasteiger partial charge in [-0.2, -0.15) is 9.78 Å². The molecule has 0 aliphatic rings. The highest BCUT2D eigenvalue weighted by Crippen LogP contribution is 2.34. The van der Waals surface area contributed by atoms with E-state index >= 15 is 0 Å². The second kappa shape index (κ2) is 12.5. The Hall–Kier alpha value is -4.68. The van der Waals surface area contributed by atoms with Gasteiger partial charge >= 0.3 is 0 Å². The van der Waals surface area contributed by atoms with E-state index in [-0.39, 0.29) is 5.56 Å². The van der Waals surface area contributed by atoms with Crippen LogP contribution in [0.3, 0.4) is 0 Å². The number of benzene rings is 4. The molecular weight excluding hydrogens is 522 g/mol. The first kappa shape index (κ1) is 26.9. The number of aromatic nitrogens is 2. The molecule has 0 radical (unpaired) electrons. The Morgan fingerprint density at radius 1 is 0.975 bits per heavy atom. The number of hydrogen-bond acceptors (Lipinski definition) is 5. The maximum atomic E-state index is 13.5. The summed E-state index contributed by atoms with van der Waals surface area (Å²) in [7, 11) is 0. The summed E-state index contributed by atoms with van der Waals surface area (Å²) in [6.45, 7) is 6.64. The minimum Gasteiger partial charge on any atom is -0.490 e. The maximum absolute atomic E-state index is 13.5. The van der Waals surface area contributed by atoms with Gasteiger partial charge in [-0.1, -0.05) is 72.3 Å². The summed E-state index contributed by atoms with van der Waals surface area (Å²) in [5.41, 5.74) is 3.78. The Balaban J connectivity index is 1.56. The van der Waals surface area contributed by atoms with Gasteiger partial charge in [0.05, 0.1) is 23.7 Å². The number of ether oxygens (including phenoxy) is 2. The molecule has 0 bridgehead atoms. The lowest BCUT2D eigenvalue weighted by molar-refractivity contribution is 0.267. The van der Waals surface area contributed by atoms with Gasteiger partial charge in [-0.15, -0.1) is 6.58 Å². The van der Waals surface area contributed by atoms with Gasteiger partial charge in [0.1, 0.15) is 6.61 Å². The second-order valence-corrected chi connectivity index (χ2v) is 9.46. The number of fused-ring (bicyclic) bond motifs is 1. The molecule has 0 saturated heterocycles. The van der Waals surface area contributed by atoms with Gasteiger partial charge in [0.15, 0.2) is 17.3 Å². The summed E-state index contributed by atoms with van der Waals surface area (Å²) in [5.74, 6) is 1.69. The van der Waals surface area contributed by atoms with Crippen LogP contribution in [0.4, 0.5) is 0 Å². The highest BCUT2D eigenvalue weighted by atomic mass is 35.5. The Kier molecular flexibility index (Phi) is 8.38. The molecule has 5 rings (SSSR count). The van der Waals surface area contributed by atoms with E-state index in [0.717, 1.165) is 22.3 Å². The molecule has 0 aliphatic heterocycles. The fourth-order valence-electron chi connectivity index (χ4n) is 4.36. The average molecular weight is 550 g/mol. The first-order valence-corrected chi connectivity index (χ1v) is 13.3. The first-order chi connectivity index (χ1) is 19.6. The molecule has 0 unspecified atom stereocenters. The molecule has 0 fully saturated rings. The van der Waals surface area contributed by atoms with E-state index in [4.69, 9.17) is 26.1 Å². The average Bonchev–Trinajstić information content (AvgIpc) is 2.98. The summed E-state index contributed by atoms with van der Waals surface area (Å²) < 4.78 is 13.6. The lowest BCUT2D eigenvalue weighted by Crippen LogP contribution is -2.20. The number of nitrogens with zero attached hydrogens (tertiary/aromatic N) is 3. The van der Waals surface area contributed by atoms with Crippen molar-refractivity contribution in [3.8, 4) is 22.9 Å². The van der Waals surface area contributed by atoms with Crippen LogP contribution in [0.1, 0.15) is 23.6 Å². The van der Waals surface area contributed by atoms with Gasteiger partial charge in [0.25, 0.3) is 5.56 Å². The number of hydrogen-bond donors (Lipinski definition) is 0. The normalized spacial score (nSPS) is 11.2. The van der Waals surface area contributed by atoms with Crippen LogP contribution in [0.5, 0.6) is 11.5 Å². The van der Waals surface area contributed by atoms with E-state index in [1.54, 1.807) is 12.3 Å². The highest BCUT2D eigenvalue weighted by molar-refractivity contribution is 6.30. The maximum Gasteiger partial charge on any atom is 0.282 e. The van der Waals surface area contributed by atoms with Crippen molar-refractivity contribution in [3.05, 3.63) is 136 Å². The SMILES string of the molecule is C=CCc1cc(C=Nn2c(-c3ccccc3)nc3ccccc3c2=O)cc(OCC)c1OCc1ccc(Cl)cc1. The molecule has 1 heterocycles. The minimum atomic E-state index is -0.250. The van der Waals surface area contributed by atoms with Crippen LogP contribution in [0.15, 0.2) is 114 Å². The van der Waals surface area contributed by atoms with Crippen LogP contribution >= 0.6 is 11.6 Å². The zero-order chi connectivity index (χ0) is 27.9. The van der Waals surface area contributed by atoms with Crippen molar-refractivity contribution in [1.82, 2.24) is 9.66 Å². The number of para-hydroxylation sites is 1. The lowest BCUT2D eigenvalue weighted by Gasteiger charge is -2.17. The first-order valence-electron chi connectivity index (χ1n) is 13.0. The zero-order valence-corrected chi connectivity index (χ0v) is 22.8. The largest absolute Gasteiger partial charge is 0.490 e. The second-order valence-electron chi connectivity index (χ2n) is 9.03. The van der Waals surface area contributed by atoms with Crippen molar-refractivity contribution in [3.63, 3.8) is 0 Å². The molecule has 4 aromatic carbocycles. The van der Waals surface area contributed by atoms with Gasteiger partial charge < -0.3 is 9.47 Å². The molecule has 1 aromatic heterocycles. The Morgan fingerprint density at radius 3 is 2.48 bits per heavy atom. The quantitative estimate of drug-likeness (QED) is 0.135. The third-order valence-electron chi connectivity index (χ3n) is 6.22. The van der Waals surface area contributed by atoms with Gasteiger partial charge in [-0.3, -0.25) is 4.79 Å². The standard InChI is InChI=1S/C33H28ClN3O3/c1-3-10-26-19-24(20-30(39-4-2)31(26)40-22-23-15-17-27(34)18-16-23)21-35-37-32(25-11-6-5-7-12-25)36-29-14-9-8-13-28(29)33(37)38/h3,5-9,11-21H,1,4,10,22H2,2H3. The van der Waals surface area contributed by atoms with Crippen molar-refractivity contribution < 1.29 is 9.47 Å². The lowest BCUT2D eigenvalue weighted by atomic mass is 10.1. The van der Waals surface area contributed by atoms with Crippen LogP contribution in [0, 0.1) is 0 Å². The molecule has 0 amide bonds. The Morgan fingerprint density at radius 2 is 1.73 bits per heavy atom. The van der Waals surface area contributed by atoms with Gasteiger partial charge in [-0.05, 0) is 60.9 Å². The van der Waals surface area contributed by atoms with E-state index in [1.807, 2.05) is 97.9 Å². The van der Waals surface area contributed by atoms with Crippen LogP contribution < -0.4 is 15.0 Å². The molecule has 7 heteroatoms. The van der Waals surface area contributed by atoms with E-state index in [0.29, 0.717) is 52.9 Å². The summed E-state index contributed by atoms with van der Waals surface area (Å²) in [4.78, 5) is 18.3. The van der Waals surface area contributed by atoms with Crippen LogP contribution in [-0.4, -0.2) is 22.5 Å². The van der Waals surface area contributed by atoms with Crippen molar-refractivity contribution in [1.29, 1.82) is 0 Å². The summed E-state index contributed by atoms with van der Waals surface area (Å²) in [5, 5.41) is 5.78. The molecule has 5 aromatic rings. The number of rotatable bonds is 10. The van der Waals surface area contributed by atoms with Gasteiger partial charge in [0.2, 0.25) is 0 Å². The van der Waals surface area contributed by atoms with E-state index in [9.17, 15) is 4.79 Å². The molecule has 200 valence electrons. The molecule has 0 spiro atoms. The van der Waals surface area contributed by atoms with E-state index in [2.05, 4.69) is 11.7 Å². The molecule has 0 aliphatic carbocycles. The molecule has 0 saturated carbocycles. The predicted molar refractivity (Wildman–Crippen MR) is 162 cm³/mol. The van der Waals surface area contributed by atoms with Crippen molar-refractivity contribution in [2.24, 2.45) is 5.10 Å². The van der Waals surface area contributed by atoms with Crippen molar-refractivity contribution >= 4 is 28.7 Å². The molecule has 0 N–H and O–H groups in total. The topological polar surface area (TPSA) is 65.7 Å². The van der Waals surface area contributed by atoms with Gasteiger partial charge in [-0.25, -0.2) is 4.98 Å². The van der Waals surface area contributed by atoms with Crippen LogP contribution in [-0.2, 0) is 13.0 Å².